The van der Waals surface area contributed by atoms with Crippen molar-refractivity contribution in [3.8, 4) is 28.4 Å². The van der Waals surface area contributed by atoms with Crippen LogP contribution in [0.1, 0.15) is 18.4 Å². The Kier molecular flexibility index (Phi) is 6.17. The molecular formula is C27H27NO4. The molecule has 0 fully saturated rings. The van der Waals surface area contributed by atoms with Gasteiger partial charge in [0.2, 0.25) is 0 Å². The second kappa shape index (κ2) is 9.18. The number of benzene rings is 2. The third kappa shape index (κ3) is 4.19. The van der Waals surface area contributed by atoms with Gasteiger partial charge in [0.1, 0.15) is 28.8 Å². The number of hydrogen-bond acceptors (Lipinski definition) is 5. The molecule has 1 heterocycles. The van der Waals surface area contributed by atoms with Crippen molar-refractivity contribution in [3.05, 3.63) is 77.5 Å². The lowest BCUT2D eigenvalue weighted by Gasteiger charge is -2.05. The summed E-state index contributed by atoms with van der Waals surface area (Å²) in [5.41, 5.74) is 2.87. The van der Waals surface area contributed by atoms with Crippen molar-refractivity contribution < 1.29 is 18.6 Å². The van der Waals surface area contributed by atoms with Gasteiger partial charge in [0.25, 0.3) is 0 Å². The van der Waals surface area contributed by atoms with Gasteiger partial charge in [-0.1, -0.05) is 12.1 Å². The zero-order chi connectivity index (χ0) is 22.7. The molecule has 5 nitrogen and oxygen atoms in total. The zero-order valence-corrected chi connectivity index (χ0v) is 19.1. The van der Waals surface area contributed by atoms with Gasteiger partial charge in [0, 0.05) is 0 Å². The lowest BCUT2D eigenvalue weighted by Crippen LogP contribution is -2.00. The number of furan rings is 1. The molecule has 1 aromatic heterocycles. The van der Waals surface area contributed by atoms with Crippen molar-refractivity contribution in [2.75, 3.05) is 20.8 Å². The highest BCUT2D eigenvalue weighted by Gasteiger charge is 2.15. The van der Waals surface area contributed by atoms with Crippen molar-refractivity contribution in [1.29, 1.82) is 0 Å². The van der Waals surface area contributed by atoms with Crippen LogP contribution in [-0.4, -0.2) is 20.8 Å². The number of aryl methyl sites for hydroxylation is 2. The summed E-state index contributed by atoms with van der Waals surface area (Å²) in [5.74, 6) is 4.00. The van der Waals surface area contributed by atoms with Crippen molar-refractivity contribution in [2.24, 2.45) is 4.99 Å². The average molecular weight is 430 g/mol. The standard InChI is InChI=1S/C27H27NO4/c1-6-31-25-16-20(19-7-11-22(29-4)12-8-19)15-24(26-17(2)32-18(3)27(25)26)28-21-9-13-23(30-5)14-10-21/h7-16H,6H2,1-5H3. The first kappa shape index (κ1) is 21.5. The highest BCUT2D eigenvalue weighted by Crippen LogP contribution is 2.34. The third-order valence-electron chi connectivity index (χ3n) is 5.39. The first-order valence-corrected chi connectivity index (χ1v) is 10.6. The maximum absolute atomic E-state index is 6.07. The molecule has 0 saturated heterocycles. The van der Waals surface area contributed by atoms with Crippen molar-refractivity contribution in [3.63, 3.8) is 0 Å². The molecular weight excluding hydrogens is 402 g/mol. The number of nitrogens with zero attached hydrogens (tertiary/aromatic N) is 1. The molecule has 0 aliphatic rings. The van der Waals surface area contributed by atoms with E-state index in [1.807, 2.05) is 69.3 Å². The predicted octanol–water partition coefficient (Wildman–Crippen LogP) is 6.36. The van der Waals surface area contributed by atoms with Crippen molar-refractivity contribution >= 4 is 16.5 Å². The van der Waals surface area contributed by atoms with Gasteiger partial charge in [-0.05, 0) is 80.4 Å². The first-order chi connectivity index (χ1) is 15.5. The SMILES string of the molecule is CCOc1cc(-c2ccc(OC)cc2)cc(=Nc2ccc(OC)cc2)c2c(C)oc(C)c12. The van der Waals surface area contributed by atoms with Crippen LogP contribution >= 0.6 is 0 Å². The molecule has 32 heavy (non-hydrogen) atoms. The molecule has 0 radical (unpaired) electrons. The Bertz CT molecular complexity index is 1300. The van der Waals surface area contributed by atoms with E-state index in [2.05, 4.69) is 12.1 Å². The summed E-state index contributed by atoms with van der Waals surface area (Å²) < 4.78 is 22.7. The van der Waals surface area contributed by atoms with Gasteiger partial charge in [-0.3, -0.25) is 0 Å². The lowest BCUT2D eigenvalue weighted by molar-refractivity contribution is 0.344. The Labute approximate surface area is 187 Å². The van der Waals surface area contributed by atoms with Gasteiger partial charge >= 0.3 is 0 Å². The number of methoxy groups -OCH3 is 2. The van der Waals surface area contributed by atoms with E-state index >= 15 is 0 Å². The summed E-state index contributed by atoms with van der Waals surface area (Å²) in [6.45, 7) is 6.46. The van der Waals surface area contributed by atoms with Gasteiger partial charge in [-0.15, -0.1) is 0 Å². The molecule has 0 aliphatic carbocycles. The Balaban J connectivity index is 2.05. The van der Waals surface area contributed by atoms with E-state index in [0.717, 1.165) is 61.7 Å². The molecule has 3 aromatic carbocycles. The average Bonchev–Trinajstić information content (AvgIpc) is 3.01. The van der Waals surface area contributed by atoms with E-state index < -0.39 is 0 Å². The molecule has 164 valence electrons. The van der Waals surface area contributed by atoms with Gasteiger partial charge in [0.05, 0.1) is 42.6 Å². The molecule has 0 N–H and O–H groups in total. The van der Waals surface area contributed by atoms with Crippen LogP contribution in [-0.2, 0) is 0 Å². The number of rotatable bonds is 6. The monoisotopic (exact) mass is 429 g/mol. The Hall–Kier alpha value is -3.73. The molecule has 0 atom stereocenters. The Morgan fingerprint density at radius 1 is 0.750 bits per heavy atom. The summed E-state index contributed by atoms with van der Waals surface area (Å²) in [6, 6.07) is 19.8. The van der Waals surface area contributed by atoms with Gasteiger partial charge in [0.15, 0.2) is 0 Å². The minimum atomic E-state index is 0.551. The third-order valence-corrected chi connectivity index (χ3v) is 5.39. The molecule has 5 heteroatoms. The molecule has 0 bridgehead atoms. The van der Waals surface area contributed by atoms with Gasteiger partial charge < -0.3 is 18.6 Å². The summed E-state index contributed by atoms with van der Waals surface area (Å²) in [4.78, 5) is 4.98. The number of fused-ring (bicyclic) bond motifs is 1. The summed E-state index contributed by atoms with van der Waals surface area (Å²) in [6.07, 6.45) is 0. The fourth-order valence-corrected chi connectivity index (χ4v) is 3.87. The quantitative estimate of drug-likeness (QED) is 0.358. The zero-order valence-electron chi connectivity index (χ0n) is 19.1. The van der Waals surface area contributed by atoms with E-state index in [1.165, 1.54) is 0 Å². The second-order valence-electron chi connectivity index (χ2n) is 7.43. The number of hydrogen-bond donors (Lipinski definition) is 0. The second-order valence-corrected chi connectivity index (χ2v) is 7.43. The summed E-state index contributed by atoms with van der Waals surface area (Å²) in [5, 5.41) is 2.70. The van der Waals surface area contributed by atoms with Crippen LogP contribution in [0.5, 0.6) is 17.2 Å². The van der Waals surface area contributed by atoms with E-state index in [-0.39, 0.29) is 0 Å². The topological polar surface area (TPSA) is 53.2 Å². The predicted molar refractivity (Wildman–Crippen MR) is 127 cm³/mol. The van der Waals surface area contributed by atoms with Crippen molar-refractivity contribution in [1.82, 2.24) is 0 Å². The van der Waals surface area contributed by atoms with Gasteiger partial charge in [-0.25, -0.2) is 4.99 Å². The molecule has 0 saturated carbocycles. The van der Waals surface area contributed by atoms with E-state index in [4.69, 9.17) is 23.6 Å². The van der Waals surface area contributed by atoms with Crippen LogP contribution < -0.4 is 19.6 Å². The molecule has 0 unspecified atom stereocenters. The molecule has 4 rings (SSSR count). The van der Waals surface area contributed by atoms with Crippen LogP contribution in [0.2, 0.25) is 0 Å². The molecule has 0 aliphatic heterocycles. The highest BCUT2D eigenvalue weighted by atomic mass is 16.5. The Morgan fingerprint density at radius 2 is 1.34 bits per heavy atom. The van der Waals surface area contributed by atoms with Crippen LogP contribution in [0.3, 0.4) is 0 Å². The fraction of sp³-hybridized carbons (Fsp3) is 0.222. The lowest BCUT2D eigenvalue weighted by atomic mass is 10.1. The van der Waals surface area contributed by atoms with E-state index in [0.29, 0.717) is 6.61 Å². The number of ether oxygens (including phenoxy) is 3. The Morgan fingerprint density at radius 3 is 1.94 bits per heavy atom. The maximum atomic E-state index is 6.07. The van der Waals surface area contributed by atoms with Crippen LogP contribution in [0.25, 0.3) is 21.9 Å². The minimum Gasteiger partial charge on any atom is -0.497 e. The summed E-state index contributed by atoms with van der Waals surface area (Å²) in [7, 11) is 3.32. The van der Waals surface area contributed by atoms with Gasteiger partial charge in [-0.2, -0.15) is 0 Å². The maximum Gasteiger partial charge on any atom is 0.131 e. The normalized spacial score (nSPS) is 11.6. The smallest absolute Gasteiger partial charge is 0.131 e. The molecule has 0 amide bonds. The van der Waals surface area contributed by atoms with E-state index in [1.54, 1.807) is 14.2 Å². The summed E-state index contributed by atoms with van der Waals surface area (Å²) >= 11 is 0. The minimum absolute atomic E-state index is 0.551. The highest BCUT2D eigenvalue weighted by molar-refractivity contribution is 5.93. The van der Waals surface area contributed by atoms with Crippen molar-refractivity contribution in [2.45, 2.75) is 20.8 Å². The van der Waals surface area contributed by atoms with Crippen LogP contribution in [0.15, 0.2) is 70.1 Å². The molecule has 4 aromatic rings. The molecule has 0 spiro atoms. The van der Waals surface area contributed by atoms with E-state index in [9.17, 15) is 0 Å². The first-order valence-electron chi connectivity index (χ1n) is 10.6. The van der Waals surface area contributed by atoms with Crippen LogP contribution in [0.4, 0.5) is 5.69 Å². The fourth-order valence-electron chi connectivity index (χ4n) is 3.87. The van der Waals surface area contributed by atoms with Crippen LogP contribution in [0, 0.1) is 13.8 Å². The largest absolute Gasteiger partial charge is 0.497 e.